The van der Waals surface area contributed by atoms with Gasteiger partial charge < -0.3 is 10.0 Å². The van der Waals surface area contributed by atoms with E-state index in [0.29, 0.717) is 0 Å². The fourth-order valence-corrected chi connectivity index (χ4v) is 3.09. The molecule has 94 valence electrons. The first-order valence-corrected chi connectivity index (χ1v) is 7.18. The molecule has 3 heteroatoms. The largest absolute Gasteiger partial charge is 0.392 e. The van der Waals surface area contributed by atoms with Crippen LogP contribution in [-0.2, 0) is 6.61 Å². The van der Waals surface area contributed by atoms with Gasteiger partial charge in [0.15, 0.2) is 0 Å². The second-order valence-electron chi connectivity index (χ2n) is 4.82. The van der Waals surface area contributed by atoms with Gasteiger partial charge in [0, 0.05) is 28.8 Å². The van der Waals surface area contributed by atoms with Crippen LogP contribution in [0.4, 0.5) is 5.69 Å². The van der Waals surface area contributed by atoms with Crippen LogP contribution in [0.1, 0.15) is 31.7 Å². The van der Waals surface area contributed by atoms with E-state index in [-0.39, 0.29) is 6.61 Å². The molecule has 0 aromatic heterocycles. The summed E-state index contributed by atoms with van der Waals surface area (Å²) >= 11 is 3.45. The van der Waals surface area contributed by atoms with Crippen LogP contribution in [-0.4, -0.2) is 18.2 Å². The van der Waals surface area contributed by atoms with Crippen LogP contribution < -0.4 is 4.90 Å². The van der Waals surface area contributed by atoms with Crippen LogP contribution >= 0.6 is 15.9 Å². The fourth-order valence-electron chi connectivity index (χ4n) is 2.68. The van der Waals surface area contributed by atoms with Crippen LogP contribution in [0, 0.1) is 5.92 Å². The number of aliphatic hydroxyl groups is 1. The molecule has 1 atom stereocenters. The number of hydrogen-bond donors (Lipinski definition) is 1. The molecular formula is C14H20BrNO. The van der Waals surface area contributed by atoms with Gasteiger partial charge in [0.25, 0.3) is 0 Å². The van der Waals surface area contributed by atoms with Gasteiger partial charge in [-0.1, -0.05) is 29.3 Å². The minimum atomic E-state index is 0.115. The van der Waals surface area contributed by atoms with E-state index in [2.05, 4.69) is 39.9 Å². The molecule has 1 fully saturated rings. The average molecular weight is 298 g/mol. The van der Waals surface area contributed by atoms with Crippen LogP contribution in [0.25, 0.3) is 0 Å². The van der Waals surface area contributed by atoms with E-state index < -0.39 is 0 Å². The summed E-state index contributed by atoms with van der Waals surface area (Å²) in [6, 6.07) is 6.19. The third-order valence-electron chi connectivity index (χ3n) is 3.54. The van der Waals surface area contributed by atoms with Crippen molar-refractivity contribution in [1.29, 1.82) is 0 Å². The zero-order valence-corrected chi connectivity index (χ0v) is 11.9. The molecule has 2 nitrogen and oxygen atoms in total. The highest BCUT2D eigenvalue weighted by Gasteiger charge is 2.23. The average Bonchev–Trinajstić information content (AvgIpc) is 2.78. The second kappa shape index (κ2) is 5.87. The maximum Gasteiger partial charge on any atom is 0.0702 e. The van der Waals surface area contributed by atoms with Crippen molar-refractivity contribution in [2.45, 2.75) is 32.8 Å². The van der Waals surface area contributed by atoms with E-state index in [4.69, 9.17) is 0 Å². The molecule has 0 amide bonds. The summed E-state index contributed by atoms with van der Waals surface area (Å²) in [5, 5.41) is 9.42. The van der Waals surface area contributed by atoms with Crippen LogP contribution in [0.15, 0.2) is 22.7 Å². The van der Waals surface area contributed by atoms with E-state index in [1.807, 2.05) is 6.07 Å². The number of nitrogens with zero attached hydrogens (tertiary/aromatic N) is 1. The van der Waals surface area contributed by atoms with Gasteiger partial charge >= 0.3 is 0 Å². The Morgan fingerprint density at radius 3 is 3.00 bits per heavy atom. The Kier molecular flexibility index (Phi) is 4.46. The Morgan fingerprint density at radius 1 is 1.47 bits per heavy atom. The lowest BCUT2D eigenvalue weighted by atomic mass is 10.0. The Bertz CT molecular complexity index is 380. The summed E-state index contributed by atoms with van der Waals surface area (Å²) in [5.74, 6) is 0.829. The lowest BCUT2D eigenvalue weighted by molar-refractivity contribution is 0.282. The molecule has 17 heavy (non-hydrogen) atoms. The summed E-state index contributed by atoms with van der Waals surface area (Å²) in [6.45, 7) is 4.63. The van der Waals surface area contributed by atoms with Crippen molar-refractivity contribution in [3.63, 3.8) is 0 Å². The van der Waals surface area contributed by atoms with Gasteiger partial charge in [-0.25, -0.2) is 0 Å². The first-order valence-electron chi connectivity index (χ1n) is 6.38. The maximum atomic E-state index is 9.42. The van der Waals surface area contributed by atoms with Gasteiger partial charge in [-0.05, 0) is 37.0 Å². The monoisotopic (exact) mass is 297 g/mol. The Morgan fingerprint density at radius 2 is 2.29 bits per heavy atom. The molecule has 1 unspecified atom stereocenters. The smallest absolute Gasteiger partial charge is 0.0702 e. The summed E-state index contributed by atoms with van der Waals surface area (Å²) in [7, 11) is 0. The third-order valence-corrected chi connectivity index (χ3v) is 4.03. The number of anilines is 1. The number of rotatable bonds is 4. The third kappa shape index (κ3) is 3.02. The van der Waals surface area contributed by atoms with Crippen molar-refractivity contribution >= 4 is 21.6 Å². The first kappa shape index (κ1) is 12.9. The molecule has 1 aliphatic rings. The molecule has 2 rings (SSSR count). The van der Waals surface area contributed by atoms with E-state index in [0.717, 1.165) is 29.0 Å². The minimum absolute atomic E-state index is 0.115. The second-order valence-corrected chi connectivity index (χ2v) is 5.74. The summed E-state index contributed by atoms with van der Waals surface area (Å²) in [4.78, 5) is 2.42. The van der Waals surface area contributed by atoms with Crippen molar-refractivity contribution in [2.24, 2.45) is 5.92 Å². The molecule has 1 aromatic rings. The predicted molar refractivity (Wildman–Crippen MR) is 75.3 cm³/mol. The summed E-state index contributed by atoms with van der Waals surface area (Å²) in [5.41, 5.74) is 2.23. The van der Waals surface area contributed by atoms with Gasteiger partial charge in [0.05, 0.1) is 6.61 Å². The minimum Gasteiger partial charge on any atom is -0.392 e. The van der Waals surface area contributed by atoms with Crippen molar-refractivity contribution in [3.05, 3.63) is 28.2 Å². The topological polar surface area (TPSA) is 23.5 Å². The standard InChI is InChI=1S/C14H20BrNO/c1-2-3-11-6-7-16(9-11)14-5-4-13(15)8-12(14)10-17/h4-5,8,11,17H,2-3,6-7,9-10H2,1H3. The van der Waals surface area contributed by atoms with Crippen LogP contribution in [0.3, 0.4) is 0 Å². The highest BCUT2D eigenvalue weighted by Crippen LogP contribution is 2.30. The van der Waals surface area contributed by atoms with E-state index in [1.54, 1.807) is 0 Å². The van der Waals surface area contributed by atoms with E-state index in [9.17, 15) is 5.11 Å². The fraction of sp³-hybridized carbons (Fsp3) is 0.571. The Balaban J connectivity index is 2.12. The number of benzene rings is 1. The van der Waals surface area contributed by atoms with Gasteiger partial charge in [-0.2, -0.15) is 0 Å². The van der Waals surface area contributed by atoms with Gasteiger partial charge in [-0.3, -0.25) is 0 Å². The SMILES string of the molecule is CCCC1CCN(c2ccc(Br)cc2CO)C1. The molecule has 0 radical (unpaired) electrons. The molecule has 1 aromatic carbocycles. The van der Waals surface area contributed by atoms with Crippen molar-refractivity contribution in [2.75, 3.05) is 18.0 Å². The molecule has 1 N–H and O–H groups in total. The predicted octanol–water partition coefficient (Wildman–Crippen LogP) is 3.57. The van der Waals surface area contributed by atoms with Gasteiger partial charge in [0.1, 0.15) is 0 Å². The van der Waals surface area contributed by atoms with Crippen LogP contribution in [0.2, 0.25) is 0 Å². The molecule has 0 bridgehead atoms. The Labute approximate surface area is 112 Å². The number of aliphatic hydroxyl groups excluding tert-OH is 1. The van der Waals surface area contributed by atoms with Crippen molar-refractivity contribution in [3.8, 4) is 0 Å². The molecular weight excluding hydrogens is 278 g/mol. The lowest BCUT2D eigenvalue weighted by Gasteiger charge is -2.21. The van der Waals surface area contributed by atoms with E-state index in [1.165, 1.54) is 24.9 Å². The molecule has 0 saturated carbocycles. The van der Waals surface area contributed by atoms with Crippen LogP contribution in [0.5, 0.6) is 0 Å². The molecule has 0 aliphatic carbocycles. The normalized spacial score (nSPS) is 19.9. The maximum absolute atomic E-state index is 9.42. The first-order chi connectivity index (χ1) is 8.24. The lowest BCUT2D eigenvalue weighted by Crippen LogP contribution is -2.21. The van der Waals surface area contributed by atoms with Gasteiger partial charge in [0.2, 0.25) is 0 Å². The summed E-state index contributed by atoms with van der Waals surface area (Å²) in [6.07, 6.45) is 3.88. The number of halogens is 1. The van der Waals surface area contributed by atoms with Gasteiger partial charge in [-0.15, -0.1) is 0 Å². The molecule has 0 spiro atoms. The number of hydrogen-bond acceptors (Lipinski definition) is 2. The zero-order chi connectivity index (χ0) is 12.3. The Hall–Kier alpha value is -0.540. The quantitative estimate of drug-likeness (QED) is 0.918. The summed E-state index contributed by atoms with van der Waals surface area (Å²) < 4.78 is 1.04. The molecule has 1 saturated heterocycles. The highest BCUT2D eigenvalue weighted by atomic mass is 79.9. The van der Waals surface area contributed by atoms with E-state index >= 15 is 0 Å². The van der Waals surface area contributed by atoms with Crippen molar-refractivity contribution in [1.82, 2.24) is 0 Å². The molecule has 1 aliphatic heterocycles. The highest BCUT2D eigenvalue weighted by molar-refractivity contribution is 9.10. The zero-order valence-electron chi connectivity index (χ0n) is 10.3. The van der Waals surface area contributed by atoms with Crippen molar-refractivity contribution < 1.29 is 5.11 Å². The molecule has 1 heterocycles.